The third-order valence-electron chi connectivity index (χ3n) is 3.06. The highest BCUT2D eigenvalue weighted by Gasteiger charge is 2.17. The number of rotatable bonds is 3. The van der Waals surface area contributed by atoms with Gasteiger partial charge in [-0.1, -0.05) is 19.3 Å². The SMILES string of the molecule is CNCc1ccnc(C2CCCCC2)n1. The van der Waals surface area contributed by atoms with Gasteiger partial charge in [0, 0.05) is 18.7 Å². The molecule has 82 valence electrons. The van der Waals surface area contributed by atoms with Gasteiger partial charge in [0.1, 0.15) is 5.82 Å². The first-order valence-corrected chi connectivity index (χ1v) is 5.86. The lowest BCUT2D eigenvalue weighted by Gasteiger charge is -2.20. The fraction of sp³-hybridized carbons (Fsp3) is 0.667. The van der Waals surface area contributed by atoms with E-state index < -0.39 is 0 Å². The first-order chi connectivity index (χ1) is 7.40. The van der Waals surface area contributed by atoms with Gasteiger partial charge in [0.15, 0.2) is 0 Å². The largest absolute Gasteiger partial charge is 0.314 e. The van der Waals surface area contributed by atoms with Crippen molar-refractivity contribution in [2.24, 2.45) is 0 Å². The molecule has 0 aromatic carbocycles. The summed E-state index contributed by atoms with van der Waals surface area (Å²) in [5.41, 5.74) is 1.10. The van der Waals surface area contributed by atoms with Crippen LogP contribution in [0.15, 0.2) is 12.3 Å². The van der Waals surface area contributed by atoms with Crippen molar-refractivity contribution in [3.63, 3.8) is 0 Å². The van der Waals surface area contributed by atoms with E-state index in [2.05, 4.69) is 15.3 Å². The molecule has 0 spiro atoms. The topological polar surface area (TPSA) is 37.8 Å². The normalized spacial score (nSPS) is 17.9. The van der Waals surface area contributed by atoms with E-state index >= 15 is 0 Å². The van der Waals surface area contributed by atoms with Crippen LogP contribution in [0.5, 0.6) is 0 Å². The summed E-state index contributed by atoms with van der Waals surface area (Å²) in [4.78, 5) is 9.02. The van der Waals surface area contributed by atoms with Crippen LogP contribution in [0.2, 0.25) is 0 Å². The van der Waals surface area contributed by atoms with Gasteiger partial charge in [0.25, 0.3) is 0 Å². The van der Waals surface area contributed by atoms with Gasteiger partial charge in [-0.25, -0.2) is 9.97 Å². The van der Waals surface area contributed by atoms with Gasteiger partial charge in [-0.3, -0.25) is 0 Å². The van der Waals surface area contributed by atoms with Crippen molar-refractivity contribution in [3.05, 3.63) is 23.8 Å². The van der Waals surface area contributed by atoms with E-state index in [1.165, 1.54) is 32.1 Å². The van der Waals surface area contributed by atoms with E-state index in [-0.39, 0.29) is 0 Å². The molecule has 0 aliphatic heterocycles. The molecule has 0 bridgehead atoms. The van der Waals surface area contributed by atoms with E-state index in [9.17, 15) is 0 Å². The zero-order valence-corrected chi connectivity index (χ0v) is 9.37. The number of nitrogens with zero attached hydrogens (tertiary/aromatic N) is 2. The highest BCUT2D eigenvalue weighted by atomic mass is 14.9. The molecule has 0 atom stereocenters. The lowest BCUT2D eigenvalue weighted by Crippen LogP contribution is -2.12. The molecule has 3 nitrogen and oxygen atoms in total. The summed E-state index contributed by atoms with van der Waals surface area (Å²) in [6.45, 7) is 0.836. The Balaban J connectivity index is 2.09. The Kier molecular flexibility index (Phi) is 3.67. The molecule has 1 saturated carbocycles. The maximum Gasteiger partial charge on any atom is 0.131 e. The van der Waals surface area contributed by atoms with Crippen LogP contribution in [0.25, 0.3) is 0 Å². The van der Waals surface area contributed by atoms with Crippen LogP contribution in [-0.4, -0.2) is 17.0 Å². The smallest absolute Gasteiger partial charge is 0.131 e. The van der Waals surface area contributed by atoms with Gasteiger partial charge in [-0.15, -0.1) is 0 Å². The second-order valence-electron chi connectivity index (χ2n) is 4.27. The van der Waals surface area contributed by atoms with Crippen molar-refractivity contribution in [1.82, 2.24) is 15.3 Å². The minimum Gasteiger partial charge on any atom is -0.314 e. The summed E-state index contributed by atoms with van der Waals surface area (Å²) < 4.78 is 0. The maximum absolute atomic E-state index is 4.61. The molecule has 0 unspecified atom stereocenters. The zero-order valence-electron chi connectivity index (χ0n) is 9.37. The first kappa shape index (κ1) is 10.6. The summed E-state index contributed by atoms with van der Waals surface area (Å²) in [5.74, 6) is 1.66. The zero-order chi connectivity index (χ0) is 10.5. The van der Waals surface area contributed by atoms with Crippen molar-refractivity contribution in [2.75, 3.05) is 7.05 Å². The Morgan fingerprint density at radius 1 is 1.33 bits per heavy atom. The molecule has 2 rings (SSSR count). The Morgan fingerprint density at radius 2 is 2.13 bits per heavy atom. The molecule has 1 aromatic heterocycles. The highest BCUT2D eigenvalue weighted by molar-refractivity contribution is 5.06. The number of nitrogens with one attached hydrogen (secondary N) is 1. The second kappa shape index (κ2) is 5.21. The Hall–Kier alpha value is -0.960. The summed E-state index contributed by atoms with van der Waals surface area (Å²) in [6, 6.07) is 1.99. The van der Waals surface area contributed by atoms with Crippen LogP contribution in [-0.2, 0) is 6.54 Å². The third-order valence-corrected chi connectivity index (χ3v) is 3.06. The Labute approximate surface area is 91.3 Å². The number of hydrogen-bond donors (Lipinski definition) is 1. The quantitative estimate of drug-likeness (QED) is 0.822. The van der Waals surface area contributed by atoms with E-state index in [1.54, 1.807) is 0 Å². The lowest BCUT2D eigenvalue weighted by atomic mass is 9.88. The van der Waals surface area contributed by atoms with E-state index in [4.69, 9.17) is 0 Å². The van der Waals surface area contributed by atoms with E-state index in [1.807, 2.05) is 19.3 Å². The van der Waals surface area contributed by atoms with Gasteiger partial charge in [-0.05, 0) is 26.0 Å². The molecule has 1 aliphatic rings. The molecule has 3 heteroatoms. The minimum atomic E-state index is 0.607. The molecule has 15 heavy (non-hydrogen) atoms. The summed E-state index contributed by atoms with van der Waals surface area (Å²) in [5, 5.41) is 3.12. The van der Waals surface area contributed by atoms with E-state index in [0.29, 0.717) is 5.92 Å². The molecule has 1 fully saturated rings. The van der Waals surface area contributed by atoms with Gasteiger partial charge in [0.05, 0.1) is 5.69 Å². The fourth-order valence-electron chi connectivity index (χ4n) is 2.25. The Bertz CT molecular complexity index is 305. The van der Waals surface area contributed by atoms with Crippen LogP contribution in [0.3, 0.4) is 0 Å². The van der Waals surface area contributed by atoms with Crippen molar-refractivity contribution in [2.45, 2.75) is 44.6 Å². The van der Waals surface area contributed by atoms with Crippen molar-refractivity contribution in [3.8, 4) is 0 Å². The Morgan fingerprint density at radius 3 is 2.87 bits per heavy atom. The van der Waals surface area contributed by atoms with Crippen LogP contribution in [0.4, 0.5) is 0 Å². The number of aromatic nitrogens is 2. The summed E-state index contributed by atoms with van der Waals surface area (Å²) in [7, 11) is 1.95. The molecule has 1 aromatic rings. The van der Waals surface area contributed by atoms with Crippen molar-refractivity contribution in [1.29, 1.82) is 0 Å². The molecular formula is C12H19N3. The molecule has 1 N–H and O–H groups in total. The molecule has 1 aliphatic carbocycles. The summed E-state index contributed by atoms with van der Waals surface area (Å²) in [6.07, 6.45) is 8.48. The molecule has 0 saturated heterocycles. The molecule has 0 radical (unpaired) electrons. The molecule has 0 amide bonds. The standard InChI is InChI=1S/C12H19N3/c1-13-9-11-7-8-14-12(15-11)10-5-3-2-4-6-10/h7-8,10,13H,2-6,9H2,1H3. The second-order valence-corrected chi connectivity index (χ2v) is 4.27. The number of hydrogen-bond acceptors (Lipinski definition) is 3. The molecular weight excluding hydrogens is 186 g/mol. The average Bonchev–Trinajstić information content (AvgIpc) is 2.31. The fourth-order valence-corrected chi connectivity index (χ4v) is 2.25. The minimum absolute atomic E-state index is 0.607. The average molecular weight is 205 g/mol. The first-order valence-electron chi connectivity index (χ1n) is 5.86. The maximum atomic E-state index is 4.61. The van der Waals surface area contributed by atoms with E-state index in [0.717, 1.165) is 18.1 Å². The van der Waals surface area contributed by atoms with Gasteiger partial charge < -0.3 is 5.32 Å². The van der Waals surface area contributed by atoms with Crippen molar-refractivity contribution < 1.29 is 0 Å². The van der Waals surface area contributed by atoms with Gasteiger partial charge >= 0.3 is 0 Å². The predicted octanol–water partition coefficient (Wildman–Crippen LogP) is 2.24. The van der Waals surface area contributed by atoms with Gasteiger partial charge in [0.2, 0.25) is 0 Å². The monoisotopic (exact) mass is 205 g/mol. The third kappa shape index (κ3) is 2.75. The van der Waals surface area contributed by atoms with Crippen LogP contribution >= 0.6 is 0 Å². The van der Waals surface area contributed by atoms with Crippen LogP contribution < -0.4 is 5.32 Å². The van der Waals surface area contributed by atoms with Gasteiger partial charge in [-0.2, -0.15) is 0 Å². The van der Waals surface area contributed by atoms with Crippen LogP contribution in [0, 0.1) is 0 Å². The summed E-state index contributed by atoms with van der Waals surface area (Å²) >= 11 is 0. The molecule has 1 heterocycles. The highest BCUT2D eigenvalue weighted by Crippen LogP contribution is 2.30. The van der Waals surface area contributed by atoms with Crippen LogP contribution in [0.1, 0.15) is 49.5 Å². The predicted molar refractivity (Wildman–Crippen MR) is 60.6 cm³/mol. The lowest BCUT2D eigenvalue weighted by molar-refractivity contribution is 0.427. The van der Waals surface area contributed by atoms with Crippen molar-refractivity contribution >= 4 is 0 Å².